The molecule has 0 radical (unpaired) electrons. The molecule has 2 unspecified atom stereocenters. The zero-order chi connectivity index (χ0) is 11.4. The van der Waals surface area contributed by atoms with Crippen molar-refractivity contribution in [2.45, 2.75) is 39.8 Å². The van der Waals surface area contributed by atoms with E-state index in [2.05, 4.69) is 47.2 Å². The Morgan fingerprint density at radius 1 is 1.60 bits per heavy atom. The van der Waals surface area contributed by atoms with E-state index in [0.717, 1.165) is 23.1 Å². The Balaban J connectivity index is 3.04. The van der Waals surface area contributed by atoms with Crippen LogP contribution < -0.4 is 11.3 Å². The van der Waals surface area contributed by atoms with Crippen molar-refractivity contribution >= 4 is 15.9 Å². The van der Waals surface area contributed by atoms with E-state index in [0.29, 0.717) is 5.92 Å². The fourth-order valence-corrected chi connectivity index (χ4v) is 2.22. The van der Waals surface area contributed by atoms with Gasteiger partial charge in [-0.15, -0.1) is 0 Å². The van der Waals surface area contributed by atoms with Gasteiger partial charge in [-0.05, 0) is 28.8 Å². The van der Waals surface area contributed by atoms with Crippen LogP contribution in [0.25, 0.3) is 0 Å². The van der Waals surface area contributed by atoms with E-state index in [-0.39, 0.29) is 6.04 Å². The first-order valence-corrected chi connectivity index (χ1v) is 6.12. The van der Waals surface area contributed by atoms with E-state index >= 15 is 0 Å². The number of hydrazine groups is 1. The van der Waals surface area contributed by atoms with E-state index < -0.39 is 0 Å². The third-order valence-electron chi connectivity index (χ3n) is 2.82. The predicted molar refractivity (Wildman–Crippen MR) is 65.1 cm³/mol. The molecule has 15 heavy (non-hydrogen) atoms. The molecule has 1 rings (SSSR count). The summed E-state index contributed by atoms with van der Waals surface area (Å²) in [5.74, 6) is 6.10. The van der Waals surface area contributed by atoms with Crippen molar-refractivity contribution in [2.24, 2.45) is 11.8 Å². The molecule has 0 spiro atoms. The van der Waals surface area contributed by atoms with Gasteiger partial charge in [0.15, 0.2) is 0 Å². The van der Waals surface area contributed by atoms with Crippen LogP contribution in [0.3, 0.4) is 0 Å². The monoisotopic (exact) mass is 274 g/mol. The molecular formula is C10H19BrN4. The highest BCUT2D eigenvalue weighted by Gasteiger charge is 2.22. The van der Waals surface area contributed by atoms with E-state index in [1.165, 1.54) is 0 Å². The van der Waals surface area contributed by atoms with Crippen molar-refractivity contribution in [3.05, 3.63) is 16.4 Å². The van der Waals surface area contributed by atoms with Crippen molar-refractivity contribution in [3.8, 4) is 0 Å². The highest BCUT2D eigenvalue weighted by Crippen LogP contribution is 2.29. The molecule has 0 aliphatic heterocycles. The first kappa shape index (κ1) is 12.7. The SMILES string of the molecule is CCC(C)C(NN)c1c(Br)cnn1CC. The number of aryl methyl sites for hydroxylation is 1. The van der Waals surface area contributed by atoms with E-state index in [9.17, 15) is 0 Å². The van der Waals surface area contributed by atoms with Gasteiger partial charge in [-0.1, -0.05) is 20.3 Å². The second kappa shape index (κ2) is 5.63. The van der Waals surface area contributed by atoms with E-state index in [1.54, 1.807) is 0 Å². The molecule has 0 saturated heterocycles. The molecule has 0 aromatic carbocycles. The third-order valence-corrected chi connectivity index (χ3v) is 3.43. The van der Waals surface area contributed by atoms with Crippen LogP contribution in [0.5, 0.6) is 0 Å². The third kappa shape index (κ3) is 2.59. The number of aromatic nitrogens is 2. The summed E-state index contributed by atoms with van der Waals surface area (Å²) in [6, 6.07) is 0.145. The van der Waals surface area contributed by atoms with Gasteiger partial charge in [0.1, 0.15) is 0 Å². The Hall–Kier alpha value is -0.390. The van der Waals surface area contributed by atoms with Crippen LogP contribution in [0, 0.1) is 5.92 Å². The lowest BCUT2D eigenvalue weighted by atomic mass is 9.97. The number of nitrogens with one attached hydrogen (secondary N) is 1. The van der Waals surface area contributed by atoms with Crippen LogP contribution in [0.1, 0.15) is 38.9 Å². The second-order valence-electron chi connectivity index (χ2n) is 3.72. The molecule has 5 heteroatoms. The molecule has 0 amide bonds. The average molecular weight is 275 g/mol. The first-order chi connectivity index (χ1) is 7.15. The number of hydrogen-bond donors (Lipinski definition) is 2. The summed E-state index contributed by atoms with van der Waals surface area (Å²) in [4.78, 5) is 0. The lowest BCUT2D eigenvalue weighted by Crippen LogP contribution is -2.34. The minimum Gasteiger partial charge on any atom is -0.271 e. The summed E-state index contributed by atoms with van der Waals surface area (Å²) >= 11 is 3.52. The van der Waals surface area contributed by atoms with Crippen molar-refractivity contribution in [1.29, 1.82) is 0 Å². The minimum absolute atomic E-state index is 0.145. The zero-order valence-corrected chi connectivity index (χ0v) is 11.1. The van der Waals surface area contributed by atoms with Gasteiger partial charge in [0.2, 0.25) is 0 Å². The maximum absolute atomic E-state index is 5.62. The van der Waals surface area contributed by atoms with Crippen LogP contribution in [0.15, 0.2) is 10.7 Å². The maximum Gasteiger partial charge on any atom is 0.0711 e. The minimum atomic E-state index is 0.145. The van der Waals surface area contributed by atoms with Gasteiger partial charge in [-0.25, -0.2) is 0 Å². The van der Waals surface area contributed by atoms with Crippen LogP contribution in [-0.2, 0) is 6.54 Å². The molecule has 86 valence electrons. The van der Waals surface area contributed by atoms with Crippen LogP contribution >= 0.6 is 15.9 Å². The smallest absolute Gasteiger partial charge is 0.0711 e. The number of hydrogen-bond acceptors (Lipinski definition) is 3. The van der Waals surface area contributed by atoms with Gasteiger partial charge < -0.3 is 0 Å². The van der Waals surface area contributed by atoms with Crippen molar-refractivity contribution in [1.82, 2.24) is 15.2 Å². The van der Waals surface area contributed by atoms with Crippen molar-refractivity contribution in [2.75, 3.05) is 0 Å². The topological polar surface area (TPSA) is 55.9 Å². The van der Waals surface area contributed by atoms with Gasteiger partial charge in [0.25, 0.3) is 0 Å². The molecule has 1 aromatic heterocycles. The quantitative estimate of drug-likeness (QED) is 0.640. The van der Waals surface area contributed by atoms with E-state index in [1.807, 2.05) is 10.9 Å². The lowest BCUT2D eigenvalue weighted by Gasteiger charge is -2.23. The van der Waals surface area contributed by atoms with Gasteiger partial charge in [0, 0.05) is 6.54 Å². The van der Waals surface area contributed by atoms with Gasteiger partial charge in [0.05, 0.1) is 22.4 Å². The molecule has 0 bridgehead atoms. The predicted octanol–water partition coefficient (Wildman–Crippen LogP) is 2.22. The first-order valence-electron chi connectivity index (χ1n) is 5.32. The summed E-state index contributed by atoms with van der Waals surface area (Å²) < 4.78 is 2.99. The van der Waals surface area contributed by atoms with Gasteiger partial charge in [-0.3, -0.25) is 16.0 Å². The molecule has 0 saturated carbocycles. The molecule has 0 fully saturated rings. The lowest BCUT2D eigenvalue weighted by molar-refractivity contribution is 0.358. The van der Waals surface area contributed by atoms with Crippen molar-refractivity contribution in [3.63, 3.8) is 0 Å². The summed E-state index contributed by atoms with van der Waals surface area (Å²) in [6.07, 6.45) is 2.90. The maximum atomic E-state index is 5.62. The molecule has 1 heterocycles. The number of halogens is 1. The fourth-order valence-electron chi connectivity index (χ4n) is 1.68. The summed E-state index contributed by atoms with van der Waals surface area (Å²) in [6.45, 7) is 7.28. The van der Waals surface area contributed by atoms with Crippen LogP contribution in [0.2, 0.25) is 0 Å². The standard InChI is InChI=1S/C10H19BrN4/c1-4-7(3)9(14-12)10-8(11)6-13-15(10)5-2/h6-7,9,14H,4-5,12H2,1-3H3. The molecule has 1 aromatic rings. The Morgan fingerprint density at radius 2 is 2.27 bits per heavy atom. The highest BCUT2D eigenvalue weighted by molar-refractivity contribution is 9.10. The Morgan fingerprint density at radius 3 is 2.73 bits per heavy atom. The normalized spacial score (nSPS) is 15.3. The van der Waals surface area contributed by atoms with Crippen LogP contribution in [0.4, 0.5) is 0 Å². The molecular weight excluding hydrogens is 256 g/mol. The molecule has 0 aliphatic carbocycles. The van der Waals surface area contributed by atoms with Gasteiger partial charge in [-0.2, -0.15) is 5.10 Å². The summed E-state index contributed by atoms with van der Waals surface area (Å²) in [5, 5.41) is 4.29. The average Bonchev–Trinajstić information content (AvgIpc) is 2.61. The van der Waals surface area contributed by atoms with Gasteiger partial charge >= 0.3 is 0 Å². The Bertz CT molecular complexity index is 310. The summed E-state index contributed by atoms with van der Waals surface area (Å²) in [7, 11) is 0. The number of rotatable bonds is 5. The largest absolute Gasteiger partial charge is 0.271 e. The molecule has 0 aliphatic rings. The molecule has 2 atom stereocenters. The second-order valence-corrected chi connectivity index (χ2v) is 4.58. The zero-order valence-electron chi connectivity index (χ0n) is 9.50. The van der Waals surface area contributed by atoms with Crippen LogP contribution in [-0.4, -0.2) is 9.78 Å². The fraction of sp³-hybridized carbons (Fsp3) is 0.700. The molecule has 3 N–H and O–H groups in total. The Labute approximate surface area is 99.3 Å². The molecule has 4 nitrogen and oxygen atoms in total. The summed E-state index contributed by atoms with van der Waals surface area (Å²) in [5.41, 5.74) is 4.01. The number of nitrogens with zero attached hydrogens (tertiary/aromatic N) is 2. The van der Waals surface area contributed by atoms with Crippen molar-refractivity contribution < 1.29 is 0 Å². The highest BCUT2D eigenvalue weighted by atomic mass is 79.9. The van der Waals surface area contributed by atoms with E-state index in [4.69, 9.17) is 5.84 Å². The number of nitrogens with two attached hydrogens (primary N) is 1. The Kier molecular flexibility index (Phi) is 4.76.